The third-order valence-electron chi connectivity index (χ3n) is 3.41. The van der Waals surface area contributed by atoms with Crippen molar-refractivity contribution in [3.63, 3.8) is 0 Å². The van der Waals surface area contributed by atoms with Crippen molar-refractivity contribution in [1.82, 2.24) is 5.32 Å². The van der Waals surface area contributed by atoms with E-state index in [9.17, 15) is 4.79 Å². The van der Waals surface area contributed by atoms with E-state index in [1.165, 1.54) is 12.1 Å². The van der Waals surface area contributed by atoms with Crippen LogP contribution in [0.2, 0.25) is 0 Å². The summed E-state index contributed by atoms with van der Waals surface area (Å²) >= 11 is 0. The van der Waals surface area contributed by atoms with Gasteiger partial charge in [-0.3, -0.25) is 4.79 Å². The second-order valence-corrected chi connectivity index (χ2v) is 4.70. The summed E-state index contributed by atoms with van der Waals surface area (Å²) in [5, 5.41) is 12.1. The number of carbonyl (C=O) groups is 1. The van der Waals surface area contributed by atoms with Crippen LogP contribution in [0.15, 0.2) is 23.9 Å². The van der Waals surface area contributed by atoms with Crippen LogP contribution in [0, 0.1) is 5.92 Å². The molecule has 0 bridgehead atoms. The highest BCUT2D eigenvalue weighted by atomic mass is 16.4. The maximum Gasteiger partial charge on any atom is 0.303 e. The fraction of sp³-hybridized carbons (Fsp3) is 0.615. The van der Waals surface area contributed by atoms with Crippen LogP contribution in [-0.2, 0) is 4.79 Å². The van der Waals surface area contributed by atoms with E-state index in [2.05, 4.69) is 23.5 Å². The largest absolute Gasteiger partial charge is 0.481 e. The van der Waals surface area contributed by atoms with Gasteiger partial charge in [-0.15, -0.1) is 0 Å². The molecule has 2 rings (SSSR count). The molecule has 2 aliphatic rings. The summed E-state index contributed by atoms with van der Waals surface area (Å²) < 4.78 is 0. The van der Waals surface area contributed by atoms with Crippen molar-refractivity contribution in [2.45, 2.75) is 44.6 Å². The molecule has 2 N–H and O–H groups in total. The van der Waals surface area contributed by atoms with E-state index in [-0.39, 0.29) is 0 Å². The number of allylic oxidation sites excluding steroid dienone is 4. The maximum absolute atomic E-state index is 10.4. The third kappa shape index (κ3) is 2.87. The van der Waals surface area contributed by atoms with Crippen molar-refractivity contribution in [3.05, 3.63) is 23.9 Å². The van der Waals surface area contributed by atoms with Gasteiger partial charge < -0.3 is 10.4 Å². The Bertz CT molecular complexity index is 320. The number of carboxylic acid groups (broad SMARTS) is 1. The van der Waals surface area contributed by atoms with E-state index in [1.807, 2.05) is 0 Å². The fourth-order valence-corrected chi connectivity index (χ4v) is 2.56. The molecule has 88 valence electrons. The molecule has 3 nitrogen and oxygen atoms in total. The summed E-state index contributed by atoms with van der Waals surface area (Å²) in [7, 11) is 0. The molecule has 1 aliphatic carbocycles. The molecule has 2 atom stereocenters. The van der Waals surface area contributed by atoms with Gasteiger partial charge in [0.1, 0.15) is 0 Å². The number of hydrogen-bond acceptors (Lipinski definition) is 2. The lowest BCUT2D eigenvalue weighted by molar-refractivity contribution is -0.137. The summed E-state index contributed by atoms with van der Waals surface area (Å²) in [5.41, 5.74) is 1.38. The van der Waals surface area contributed by atoms with E-state index < -0.39 is 5.97 Å². The molecule has 0 aromatic carbocycles. The van der Waals surface area contributed by atoms with Crippen LogP contribution >= 0.6 is 0 Å². The Kier molecular flexibility index (Phi) is 3.65. The molecule has 0 spiro atoms. The first-order valence-corrected chi connectivity index (χ1v) is 6.11. The molecular formula is C13H19NO2. The summed E-state index contributed by atoms with van der Waals surface area (Å²) in [6.07, 6.45) is 12.1. The van der Waals surface area contributed by atoms with Gasteiger partial charge in [-0.25, -0.2) is 0 Å². The molecule has 0 saturated carbocycles. The fourth-order valence-electron chi connectivity index (χ4n) is 2.56. The van der Waals surface area contributed by atoms with Crippen molar-refractivity contribution < 1.29 is 9.90 Å². The van der Waals surface area contributed by atoms with Crippen molar-refractivity contribution >= 4 is 5.97 Å². The highest BCUT2D eigenvalue weighted by molar-refractivity contribution is 5.66. The van der Waals surface area contributed by atoms with E-state index >= 15 is 0 Å². The molecule has 1 saturated heterocycles. The van der Waals surface area contributed by atoms with Crippen LogP contribution in [0.4, 0.5) is 0 Å². The zero-order valence-electron chi connectivity index (χ0n) is 9.48. The Morgan fingerprint density at radius 1 is 1.50 bits per heavy atom. The molecule has 0 aromatic rings. The van der Waals surface area contributed by atoms with Gasteiger partial charge >= 0.3 is 5.97 Å². The SMILES string of the molecule is O=C(O)CCCCC1CC2CC=CC=C2N1. The number of carboxylic acids is 1. The van der Waals surface area contributed by atoms with Crippen molar-refractivity contribution in [3.8, 4) is 0 Å². The smallest absolute Gasteiger partial charge is 0.303 e. The van der Waals surface area contributed by atoms with Gasteiger partial charge in [0.2, 0.25) is 0 Å². The minimum Gasteiger partial charge on any atom is -0.481 e. The van der Waals surface area contributed by atoms with Crippen LogP contribution in [-0.4, -0.2) is 17.1 Å². The van der Waals surface area contributed by atoms with E-state index in [0.29, 0.717) is 18.4 Å². The quantitative estimate of drug-likeness (QED) is 0.701. The first-order valence-electron chi connectivity index (χ1n) is 6.11. The van der Waals surface area contributed by atoms with Gasteiger partial charge in [0, 0.05) is 24.1 Å². The van der Waals surface area contributed by atoms with Crippen LogP contribution < -0.4 is 5.32 Å². The molecule has 3 heteroatoms. The zero-order valence-corrected chi connectivity index (χ0v) is 9.48. The molecular weight excluding hydrogens is 202 g/mol. The highest BCUT2D eigenvalue weighted by Gasteiger charge is 2.27. The monoisotopic (exact) mass is 221 g/mol. The average molecular weight is 221 g/mol. The lowest BCUT2D eigenvalue weighted by Crippen LogP contribution is -2.20. The zero-order chi connectivity index (χ0) is 11.4. The molecule has 0 amide bonds. The summed E-state index contributed by atoms with van der Waals surface area (Å²) in [4.78, 5) is 10.4. The third-order valence-corrected chi connectivity index (χ3v) is 3.41. The first-order chi connectivity index (χ1) is 7.75. The van der Waals surface area contributed by atoms with E-state index in [0.717, 1.165) is 25.7 Å². The molecule has 0 radical (unpaired) electrons. The van der Waals surface area contributed by atoms with Gasteiger partial charge in [-0.2, -0.15) is 0 Å². The van der Waals surface area contributed by atoms with Gasteiger partial charge in [0.05, 0.1) is 0 Å². The Morgan fingerprint density at radius 2 is 2.38 bits per heavy atom. The Labute approximate surface area is 96.2 Å². The Hall–Kier alpha value is -1.25. The van der Waals surface area contributed by atoms with Gasteiger partial charge in [-0.05, 0) is 31.8 Å². The van der Waals surface area contributed by atoms with E-state index in [1.54, 1.807) is 0 Å². The lowest BCUT2D eigenvalue weighted by atomic mass is 9.94. The molecule has 1 fully saturated rings. The second-order valence-electron chi connectivity index (χ2n) is 4.70. The van der Waals surface area contributed by atoms with Gasteiger partial charge in [0.15, 0.2) is 0 Å². The number of hydrogen-bond donors (Lipinski definition) is 2. The average Bonchev–Trinajstić information content (AvgIpc) is 2.66. The topological polar surface area (TPSA) is 49.3 Å². The van der Waals surface area contributed by atoms with Crippen molar-refractivity contribution in [2.75, 3.05) is 0 Å². The molecule has 0 aromatic heterocycles. The van der Waals surface area contributed by atoms with Crippen molar-refractivity contribution in [2.24, 2.45) is 5.92 Å². The summed E-state index contributed by atoms with van der Waals surface area (Å²) in [6, 6.07) is 0.560. The predicted octanol–water partition coefficient (Wildman–Crippen LogP) is 2.45. The molecule has 1 aliphatic heterocycles. The highest BCUT2D eigenvalue weighted by Crippen LogP contribution is 2.31. The van der Waals surface area contributed by atoms with Crippen LogP contribution in [0.25, 0.3) is 0 Å². The molecule has 2 unspecified atom stereocenters. The summed E-state index contributed by atoms with van der Waals surface area (Å²) in [6.45, 7) is 0. The minimum absolute atomic E-state index is 0.306. The number of fused-ring (bicyclic) bond motifs is 1. The molecule has 1 heterocycles. The Morgan fingerprint density at radius 3 is 3.12 bits per heavy atom. The number of unbranched alkanes of at least 4 members (excludes halogenated alkanes) is 1. The van der Waals surface area contributed by atoms with Gasteiger partial charge in [0.25, 0.3) is 0 Å². The molecule has 16 heavy (non-hydrogen) atoms. The number of nitrogens with one attached hydrogen (secondary N) is 1. The number of aliphatic carboxylic acids is 1. The van der Waals surface area contributed by atoms with Crippen LogP contribution in [0.3, 0.4) is 0 Å². The normalized spacial score (nSPS) is 27.1. The predicted molar refractivity (Wildman–Crippen MR) is 63.0 cm³/mol. The van der Waals surface area contributed by atoms with E-state index in [4.69, 9.17) is 5.11 Å². The van der Waals surface area contributed by atoms with Gasteiger partial charge in [-0.1, -0.05) is 18.6 Å². The Balaban J connectivity index is 1.68. The maximum atomic E-state index is 10.4. The minimum atomic E-state index is -0.681. The van der Waals surface area contributed by atoms with Crippen LogP contribution in [0.5, 0.6) is 0 Å². The van der Waals surface area contributed by atoms with Crippen molar-refractivity contribution in [1.29, 1.82) is 0 Å². The standard InChI is InChI=1S/C13H19NO2/c15-13(16)8-4-2-6-11-9-10-5-1-3-7-12(10)14-11/h1,3,7,10-11,14H,2,4-6,8-9H2,(H,15,16). The number of rotatable bonds is 5. The lowest BCUT2D eigenvalue weighted by Gasteiger charge is -2.11. The summed E-state index contributed by atoms with van der Waals surface area (Å²) in [5.74, 6) is 0.00873. The second kappa shape index (κ2) is 5.19. The van der Waals surface area contributed by atoms with Crippen LogP contribution in [0.1, 0.15) is 38.5 Å². The first kappa shape index (κ1) is 11.2.